The van der Waals surface area contributed by atoms with Crippen LogP contribution in [0.3, 0.4) is 0 Å². The molecule has 0 spiro atoms. The van der Waals surface area contributed by atoms with Crippen LogP contribution in [0.25, 0.3) is 0 Å². The van der Waals surface area contributed by atoms with E-state index in [4.69, 9.17) is 4.74 Å². The van der Waals surface area contributed by atoms with Crippen LogP contribution >= 0.6 is 0 Å². The molecule has 0 saturated heterocycles. The molecule has 16 heavy (non-hydrogen) atoms. The first-order valence-electron chi connectivity index (χ1n) is 5.51. The van der Waals surface area contributed by atoms with Crippen molar-refractivity contribution in [2.45, 2.75) is 19.4 Å². The van der Waals surface area contributed by atoms with Crippen LogP contribution in [0.15, 0.2) is 12.1 Å². The first-order valence-corrected chi connectivity index (χ1v) is 5.51. The van der Waals surface area contributed by atoms with Crippen LogP contribution in [0.1, 0.15) is 24.1 Å². The Balaban J connectivity index is 2.43. The zero-order chi connectivity index (χ0) is 11.5. The fraction of sp³-hybridized carbons (Fsp3) is 0.500. The lowest BCUT2D eigenvalue weighted by atomic mass is 9.98. The van der Waals surface area contributed by atoms with E-state index in [1.54, 1.807) is 0 Å². The second kappa shape index (κ2) is 4.89. The van der Waals surface area contributed by atoms with Crippen LogP contribution in [0.5, 0.6) is 0 Å². The minimum absolute atomic E-state index is 0.118. The van der Waals surface area contributed by atoms with Gasteiger partial charge in [-0.2, -0.15) is 0 Å². The Morgan fingerprint density at radius 3 is 3.00 bits per heavy atom. The van der Waals surface area contributed by atoms with Crippen molar-refractivity contribution < 1.29 is 13.5 Å². The highest BCUT2D eigenvalue weighted by atomic mass is 19.1. The third kappa shape index (κ3) is 2.23. The van der Waals surface area contributed by atoms with E-state index in [-0.39, 0.29) is 6.04 Å². The average molecular weight is 227 g/mol. The van der Waals surface area contributed by atoms with Gasteiger partial charge in [-0.15, -0.1) is 0 Å². The van der Waals surface area contributed by atoms with Gasteiger partial charge >= 0.3 is 0 Å². The van der Waals surface area contributed by atoms with Crippen LogP contribution in [-0.4, -0.2) is 19.8 Å². The molecular weight excluding hydrogens is 212 g/mol. The normalized spacial score (nSPS) is 20.3. The minimum Gasteiger partial charge on any atom is -0.379 e. The zero-order valence-corrected chi connectivity index (χ0v) is 9.22. The molecule has 1 unspecified atom stereocenters. The van der Waals surface area contributed by atoms with Gasteiger partial charge in [0, 0.05) is 6.07 Å². The molecule has 0 radical (unpaired) electrons. The number of rotatable bonds is 2. The fourth-order valence-corrected chi connectivity index (χ4v) is 2.08. The SMILES string of the molecule is CCNC1COCCc2c(F)cc(F)cc21. The van der Waals surface area contributed by atoms with E-state index in [1.165, 1.54) is 6.07 Å². The van der Waals surface area contributed by atoms with Crippen molar-refractivity contribution in [3.05, 3.63) is 34.9 Å². The molecule has 0 amide bonds. The summed E-state index contributed by atoms with van der Waals surface area (Å²) in [5, 5.41) is 3.18. The highest BCUT2D eigenvalue weighted by Crippen LogP contribution is 2.25. The highest BCUT2D eigenvalue weighted by Gasteiger charge is 2.21. The molecule has 0 fully saturated rings. The molecule has 4 heteroatoms. The molecule has 0 aromatic heterocycles. The van der Waals surface area contributed by atoms with Crippen molar-refractivity contribution in [1.29, 1.82) is 0 Å². The number of fused-ring (bicyclic) bond motifs is 1. The van der Waals surface area contributed by atoms with Crippen LogP contribution in [0, 0.1) is 11.6 Å². The number of hydrogen-bond donors (Lipinski definition) is 1. The maximum atomic E-state index is 13.6. The monoisotopic (exact) mass is 227 g/mol. The minimum atomic E-state index is -0.527. The summed E-state index contributed by atoms with van der Waals surface area (Å²) in [6.45, 7) is 3.65. The van der Waals surface area contributed by atoms with Crippen LogP contribution in [-0.2, 0) is 11.2 Å². The van der Waals surface area contributed by atoms with Gasteiger partial charge in [0.25, 0.3) is 0 Å². The number of nitrogens with one attached hydrogen (secondary N) is 1. The largest absolute Gasteiger partial charge is 0.379 e. The predicted octanol–water partition coefficient (Wildman–Crippen LogP) is 2.19. The van der Waals surface area contributed by atoms with Crippen LogP contribution < -0.4 is 5.32 Å². The first kappa shape index (κ1) is 11.5. The van der Waals surface area contributed by atoms with Gasteiger partial charge < -0.3 is 10.1 Å². The Morgan fingerprint density at radius 2 is 2.25 bits per heavy atom. The van der Waals surface area contributed by atoms with Gasteiger partial charge in [-0.1, -0.05) is 6.92 Å². The van der Waals surface area contributed by atoms with Crippen molar-refractivity contribution in [3.63, 3.8) is 0 Å². The number of likely N-dealkylation sites (N-methyl/N-ethyl adjacent to an activating group) is 1. The van der Waals surface area contributed by atoms with E-state index < -0.39 is 11.6 Å². The summed E-state index contributed by atoms with van der Waals surface area (Å²) < 4.78 is 32.2. The number of benzene rings is 1. The summed E-state index contributed by atoms with van der Waals surface area (Å²) in [4.78, 5) is 0. The molecule has 1 aliphatic heterocycles. The Hall–Kier alpha value is -1.00. The van der Waals surface area contributed by atoms with Gasteiger partial charge in [0.15, 0.2) is 0 Å². The molecule has 1 aromatic carbocycles. The summed E-state index contributed by atoms with van der Waals surface area (Å²) in [6.07, 6.45) is 0.503. The summed E-state index contributed by atoms with van der Waals surface area (Å²) in [7, 11) is 0. The van der Waals surface area contributed by atoms with Crippen molar-refractivity contribution in [2.24, 2.45) is 0 Å². The highest BCUT2D eigenvalue weighted by molar-refractivity contribution is 5.33. The van der Waals surface area contributed by atoms with Crippen molar-refractivity contribution in [2.75, 3.05) is 19.8 Å². The molecule has 0 saturated carbocycles. The number of hydrogen-bond acceptors (Lipinski definition) is 2. The standard InChI is InChI=1S/C12H15F2NO/c1-2-15-12-7-16-4-3-9-10(12)5-8(13)6-11(9)14/h5-6,12,15H,2-4,7H2,1H3. The topological polar surface area (TPSA) is 21.3 Å². The fourth-order valence-electron chi connectivity index (χ4n) is 2.08. The summed E-state index contributed by atoms with van der Waals surface area (Å²) in [6, 6.07) is 2.22. The molecule has 0 bridgehead atoms. The van der Waals surface area contributed by atoms with Crippen LogP contribution in [0.4, 0.5) is 8.78 Å². The van der Waals surface area contributed by atoms with Gasteiger partial charge in [-0.05, 0) is 30.2 Å². The Kier molecular flexibility index (Phi) is 3.51. The van der Waals surface area contributed by atoms with E-state index in [2.05, 4.69) is 5.32 Å². The smallest absolute Gasteiger partial charge is 0.129 e. The van der Waals surface area contributed by atoms with Crippen molar-refractivity contribution in [3.8, 4) is 0 Å². The molecule has 1 N–H and O–H groups in total. The molecule has 0 aliphatic carbocycles. The Bertz CT molecular complexity index is 382. The van der Waals surface area contributed by atoms with Gasteiger partial charge in [0.2, 0.25) is 0 Å². The Labute approximate surface area is 93.6 Å². The van der Waals surface area contributed by atoms with Gasteiger partial charge in [-0.25, -0.2) is 8.78 Å². The lowest BCUT2D eigenvalue weighted by Crippen LogP contribution is -2.25. The molecule has 1 aliphatic rings. The molecule has 2 nitrogen and oxygen atoms in total. The van der Waals surface area contributed by atoms with Crippen molar-refractivity contribution >= 4 is 0 Å². The lowest BCUT2D eigenvalue weighted by Gasteiger charge is -2.18. The summed E-state index contributed by atoms with van der Waals surface area (Å²) in [5.74, 6) is -0.996. The lowest BCUT2D eigenvalue weighted by molar-refractivity contribution is 0.122. The number of ether oxygens (including phenoxy) is 1. The average Bonchev–Trinajstić information content (AvgIpc) is 2.42. The quantitative estimate of drug-likeness (QED) is 0.836. The van der Waals surface area contributed by atoms with E-state index >= 15 is 0 Å². The summed E-state index contributed by atoms with van der Waals surface area (Å²) >= 11 is 0. The van der Waals surface area contributed by atoms with E-state index in [0.29, 0.717) is 30.8 Å². The Morgan fingerprint density at radius 1 is 1.44 bits per heavy atom. The molecule has 1 atom stereocenters. The van der Waals surface area contributed by atoms with E-state index in [1.807, 2.05) is 6.92 Å². The van der Waals surface area contributed by atoms with E-state index in [0.717, 1.165) is 12.6 Å². The predicted molar refractivity (Wildman–Crippen MR) is 57.3 cm³/mol. The summed E-state index contributed by atoms with van der Waals surface area (Å²) in [5.41, 5.74) is 1.27. The molecular formula is C12H15F2NO. The van der Waals surface area contributed by atoms with Gasteiger partial charge in [0.05, 0.1) is 19.3 Å². The van der Waals surface area contributed by atoms with E-state index in [9.17, 15) is 8.78 Å². The number of halogens is 2. The molecule has 1 aromatic rings. The van der Waals surface area contributed by atoms with Crippen LogP contribution in [0.2, 0.25) is 0 Å². The zero-order valence-electron chi connectivity index (χ0n) is 9.22. The van der Waals surface area contributed by atoms with Crippen molar-refractivity contribution in [1.82, 2.24) is 5.32 Å². The second-order valence-electron chi connectivity index (χ2n) is 3.89. The molecule has 2 rings (SSSR count). The maximum absolute atomic E-state index is 13.6. The van der Waals surface area contributed by atoms with Gasteiger partial charge in [0.1, 0.15) is 11.6 Å². The third-order valence-electron chi connectivity index (χ3n) is 2.80. The molecule has 1 heterocycles. The molecule has 88 valence electrons. The van der Waals surface area contributed by atoms with Gasteiger partial charge in [-0.3, -0.25) is 0 Å². The third-order valence-corrected chi connectivity index (χ3v) is 2.80. The maximum Gasteiger partial charge on any atom is 0.129 e. The second-order valence-corrected chi connectivity index (χ2v) is 3.89. The first-order chi connectivity index (χ1) is 7.72.